The number of halogens is 1. The summed E-state index contributed by atoms with van der Waals surface area (Å²) in [5.74, 6) is 0.0779. The van der Waals surface area contributed by atoms with Crippen molar-refractivity contribution in [2.24, 2.45) is 0 Å². The fraction of sp³-hybridized carbons (Fsp3) is 0. The summed E-state index contributed by atoms with van der Waals surface area (Å²) in [5.41, 5.74) is 6.07. The standard InChI is InChI=1S/C11H9BrN2O2/c12-7-3-1-2-4-8(7)14-11(15)9-5-6-10(13)16-9/h1-6H,13H2,(H,14,15). The van der Waals surface area contributed by atoms with Gasteiger partial charge in [0, 0.05) is 10.5 Å². The fourth-order valence-electron chi connectivity index (χ4n) is 1.22. The van der Waals surface area contributed by atoms with Crippen molar-refractivity contribution in [1.82, 2.24) is 0 Å². The van der Waals surface area contributed by atoms with Crippen LogP contribution in [0.15, 0.2) is 45.3 Å². The minimum atomic E-state index is -0.330. The third kappa shape index (κ3) is 2.25. The molecule has 1 amide bonds. The summed E-state index contributed by atoms with van der Waals surface area (Å²) in [6, 6.07) is 10.4. The molecule has 0 spiro atoms. The van der Waals surface area contributed by atoms with Gasteiger partial charge in [-0.1, -0.05) is 12.1 Å². The van der Waals surface area contributed by atoms with Gasteiger partial charge in [-0.2, -0.15) is 0 Å². The summed E-state index contributed by atoms with van der Waals surface area (Å²) in [5, 5.41) is 2.70. The molecule has 0 radical (unpaired) electrons. The van der Waals surface area contributed by atoms with Gasteiger partial charge in [-0.3, -0.25) is 4.79 Å². The van der Waals surface area contributed by atoms with Crippen molar-refractivity contribution in [2.75, 3.05) is 11.1 Å². The number of hydrogen-bond acceptors (Lipinski definition) is 3. The zero-order chi connectivity index (χ0) is 11.5. The maximum atomic E-state index is 11.7. The van der Waals surface area contributed by atoms with Crippen LogP contribution in [0.4, 0.5) is 11.6 Å². The predicted molar refractivity (Wildman–Crippen MR) is 65.2 cm³/mol. The third-order valence-electron chi connectivity index (χ3n) is 1.97. The van der Waals surface area contributed by atoms with Gasteiger partial charge in [-0.05, 0) is 34.1 Å². The molecule has 2 rings (SSSR count). The van der Waals surface area contributed by atoms with Crippen molar-refractivity contribution >= 4 is 33.4 Å². The van der Waals surface area contributed by atoms with Gasteiger partial charge in [0.1, 0.15) is 0 Å². The van der Waals surface area contributed by atoms with Crippen LogP contribution in [0.5, 0.6) is 0 Å². The molecule has 0 bridgehead atoms. The zero-order valence-corrected chi connectivity index (χ0v) is 9.82. The normalized spacial score (nSPS) is 10.1. The molecular formula is C11H9BrN2O2. The van der Waals surface area contributed by atoms with Gasteiger partial charge in [0.05, 0.1) is 5.69 Å². The predicted octanol–water partition coefficient (Wildman–Crippen LogP) is 2.88. The van der Waals surface area contributed by atoms with Gasteiger partial charge in [0.2, 0.25) is 0 Å². The number of hydrogen-bond donors (Lipinski definition) is 2. The largest absolute Gasteiger partial charge is 0.436 e. The van der Waals surface area contributed by atoms with Crippen LogP contribution in [0.3, 0.4) is 0 Å². The van der Waals surface area contributed by atoms with Crippen LogP contribution in [0.25, 0.3) is 0 Å². The van der Waals surface area contributed by atoms with E-state index in [1.54, 1.807) is 6.07 Å². The van der Waals surface area contributed by atoms with E-state index in [4.69, 9.17) is 10.2 Å². The molecule has 0 aliphatic rings. The molecule has 0 fully saturated rings. The number of amides is 1. The van der Waals surface area contributed by atoms with Crippen molar-refractivity contribution in [2.45, 2.75) is 0 Å². The van der Waals surface area contributed by atoms with Crippen molar-refractivity contribution in [3.05, 3.63) is 46.6 Å². The maximum absolute atomic E-state index is 11.7. The lowest BCUT2D eigenvalue weighted by Gasteiger charge is -2.04. The SMILES string of the molecule is Nc1ccc(C(=O)Nc2ccccc2Br)o1. The highest BCUT2D eigenvalue weighted by Gasteiger charge is 2.11. The van der Waals surface area contributed by atoms with Gasteiger partial charge in [0.15, 0.2) is 11.6 Å². The first kappa shape index (κ1) is 10.8. The topological polar surface area (TPSA) is 68.3 Å². The lowest BCUT2D eigenvalue weighted by Crippen LogP contribution is -2.11. The number of para-hydroxylation sites is 1. The monoisotopic (exact) mass is 280 g/mol. The highest BCUT2D eigenvalue weighted by molar-refractivity contribution is 9.10. The Bertz CT molecular complexity index is 522. The summed E-state index contributed by atoms with van der Waals surface area (Å²) in [7, 11) is 0. The number of rotatable bonds is 2. The van der Waals surface area contributed by atoms with Crippen LogP contribution in [0.2, 0.25) is 0 Å². The molecule has 5 heteroatoms. The molecule has 1 heterocycles. The molecule has 1 aromatic carbocycles. The minimum Gasteiger partial charge on any atom is -0.436 e. The third-order valence-corrected chi connectivity index (χ3v) is 2.66. The van der Waals surface area contributed by atoms with E-state index in [0.29, 0.717) is 5.69 Å². The molecule has 0 aliphatic carbocycles. The van der Waals surface area contributed by atoms with Crippen LogP contribution in [-0.4, -0.2) is 5.91 Å². The van der Waals surface area contributed by atoms with Gasteiger partial charge in [0.25, 0.3) is 5.91 Å². The number of nitrogen functional groups attached to an aromatic ring is 1. The lowest BCUT2D eigenvalue weighted by molar-refractivity contribution is 0.0997. The molecule has 82 valence electrons. The summed E-state index contributed by atoms with van der Waals surface area (Å²) in [6.07, 6.45) is 0. The Kier molecular flexibility index (Phi) is 2.96. The van der Waals surface area contributed by atoms with Crippen molar-refractivity contribution in [3.63, 3.8) is 0 Å². The molecule has 1 aromatic heterocycles. The number of carbonyl (C=O) groups is 1. The second kappa shape index (κ2) is 4.40. The average molecular weight is 281 g/mol. The molecule has 2 aromatic rings. The Balaban J connectivity index is 2.17. The molecule has 0 saturated carbocycles. The Morgan fingerprint density at radius 1 is 1.25 bits per heavy atom. The smallest absolute Gasteiger partial charge is 0.291 e. The molecule has 0 unspecified atom stereocenters. The van der Waals surface area contributed by atoms with Crippen molar-refractivity contribution < 1.29 is 9.21 Å². The molecule has 0 atom stereocenters. The van der Waals surface area contributed by atoms with E-state index >= 15 is 0 Å². The average Bonchev–Trinajstić information content (AvgIpc) is 2.68. The summed E-state index contributed by atoms with van der Waals surface area (Å²) < 4.78 is 5.82. The second-order valence-electron chi connectivity index (χ2n) is 3.14. The van der Waals surface area contributed by atoms with E-state index in [9.17, 15) is 4.79 Å². The van der Waals surface area contributed by atoms with E-state index < -0.39 is 0 Å². The Morgan fingerprint density at radius 2 is 2.00 bits per heavy atom. The zero-order valence-electron chi connectivity index (χ0n) is 8.24. The molecule has 0 aliphatic heterocycles. The molecule has 16 heavy (non-hydrogen) atoms. The Labute approximate surface area is 101 Å². The van der Waals surface area contributed by atoms with Gasteiger partial charge >= 0.3 is 0 Å². The second-order valence-corrected chi connectivity index (χ2v) is 3.99. The van der Waals surface area contributed by atoms with E-state index in [0.717, 1.165) is 4.47 Å². The van der Waals surface area contributed by atoms with E-state index in [1.165, 1.54) is 12.1 Å². The number of nitrogens with one attached hydrogen (secondary N) is 1. The first-order chi connectivity index (χ1) is 7.66. The minimum absolute atomic E-state index is 0.188. The van der Waals surface area contributed by atoms with Crippen molar-refractivity contribution in [1.29, 1.82) is 0 Å². The number of furan rings is 1. The first-order valence-electron chi connectivity index (χ1n) is 4.58. The number of benzene rings is 1. The Morgan fingerprint density at radius 3 is 2.62 bits per heavy atom. The van der Waals surface area contributed by atoms with E-state index in [2.05, 4.69) is 21.2 Å². The number of nitrogens with two attached hydrogens (primary N) is 1. The highest BCUT2D eigenvalue weighted by atomic mass is 79.9. The molecular weight excluding hydrogens is 272 g/mol. The van der Waals surface area contributed by atoms with Crippen LogP contribution in [-0.2, 0) is 0 Å². The van der Waals surface area contributed by atoms with Crippen LogP contribution >= 0.6 is 15.9 Å². The van der Waals surface area contributed by atoms with Crippen LogP contribution < -0.4 is 11.1 Å². The van der Waals surface area contributed by atoms with Gasteiger partial charge in [-0.15, -0.1) is 0 Å². The van der Waals surface area contributed by atoms with E-state index in [-0.39, 0.29) is 17.6 Å². The van der Waals surface area contributed by atoms with Gasteiger partial charge in [-0.25, -0.2) is 0 Å². The summed E-state index contributed by atoms with van der Waals surface area (Å²) in [4.78, 5) is 11.7. The quantitative estimate of drug-likeness (QED) is 0.889. The van der Waals surface area contributed by atoms with E-state index in [1.807, 2.05) is 18.2 Å². The van der Waals surface area contributed by atoms with Crippen LogP contribution in [0.1, 0.15) is 10.6 Å². The van der Waals surface area contributed by atoms with Crippen LogP contribution in [0, 0.1) is 0 Å². The van der Waals surface area contributed by atoms with Crippen molar-refractivity contribution in [3.8, 4) is 0 Å². The number of carbonyl (C=O) groups excluding carboxylic acids is 1. The lowest BCUT2D eigenvalue weighted by atomic mass is 10.3. The highest BCUT2D eigenvalue weighted by Crippen LogP contribution is 2.22. The Hall–Kier alpha value is -1.75. The molecule has 0 saturated heterocycles. The number of anilines is 2. The summed E-state index contributed by atoms with van der Waals surface area (Å²) in [6.45, 7) is 0. The van der Waals surface area contributed by atoms with Gasteiger partial charge < -0.3 is 15.5 Å². The maximum Gasteiger partial charge on any atom is 0.291 e. The fourth-order valence-corrected chi connectivity index (χ4v) is 1.61. The molecule has 3 N–H and O–H groups in total. The molecule has 4 nitrogen and oxygen atoms in total. The first-order valence-corrected chi connectivity index (χ1v) is 5.37. The summed E-state index contributed by atoms with van der Waals surface area (Å²) >= 11 is 3.33.